The van der Waals surface area contributed by atoms with E-state index in [4.69, 9.17) is 14.0 Å². The van der Waals surface area contributed by atoms with Crippen molar-refractivity contribution in [3.8, 4) is 17.1 Å². The molecule has 0 fully saturated rings. The van der Waals surface area contributed by atoms with Crippen molar-refractivity contribution in [3.63, 3.8) is 0 Å². The van der Waals surface area contributed by atoms with Crippen LogP contribution in [0.5, 0.6) is 5.75 Å². The zero-order valence-electron chi connectivity index (χ0n) is 14.7. The number of nitrogens with zero attached hydrogens (tertiary/aromatic N) is 3. The molecule has 2 aromatic carbocycles. The summed E-state index contributed by atoms with van der Waals surface area (Å²) in [5, 5.41) is 3.95. The second kappa shape index (κ2) is 7.33. The van der Waals surface area contributed by atoms with Gasteiger partial charge in [-0.15, -0.1) is 0 Å². The van der Waals surface area contributed by atoms with E-state index in [9.17, 15) is 4.79 Å². The van der Waals surface area contributed by atoms with Gasteiger partial charge in [0.2, 0.25) is 0 Å². The highest BCUT2D eigenvalue weighted by Gasteiger charge is 2.11. The van der Waals surface area contributed by atoms with E-state index < -0.39 is 0 Å². The van der Waals surface area contributed by atoms with Crippen LogP contribution >= 0.6 is 0 Å². The van der Waals surface area contributed by atoms with E-state index in [-0.39, 0.29) is 19.1 Å². The van der Waals surface area contributed by atoms with Crippen molar-refractivity contribution < 1.29 is 18.8 Å². The molecule has 0 N–H and O–H groups in total. The van der Waals surface area contributed by atoms with Gasteiger partial charge in [0.1, 0.15) is 24.6 Å². The number of aromatic nitrogens is 3. The number of carbonyl (C=O) groups is 1. The summed E-state index contributed by atoms with van der Waals surface area (Å²) in [6.45, 7) is 0.134. The topological polar surface area (TPSA) is 79.4 Å². The number of fused-ring (bicyclic) bond motifs is 1. The van der Waals surface area contributed by atoms with Crippen molar-refractivity contribution in [1.82, 2.24) is 14.7 Å². The fourth-order valence-corrected chi connectivity index (χ4v) is 2.75. The molecule has 0 saturated carbocycles. The maximum Gasteiger partial charge on any atom is 0.326 e. The third kappa shape index (κ3) is 3.67. The largest absolute Gasteiger partial charge is 0.497 e. The van der Waals surface area contributed by atoms with Gasteiger partial charge in [-0.1, -0.05) is 17.3 Å². The van der Waals surface area contributed by atoms with Crippen molar-refractivity contribution in [2.24, 2.45) is 0 Å². The van der Waals surface area contributed by atoms with E-state index in [1.54, 1.807) is 24.1 Å². The molecule has 0 amide bonds. The van der Waals surface area contributed by atoms with Crippen molar-refractivity contribution in [2.75, 3.05) is 7.11 Å². The van der Waals surface area contributed by atoms with Gasteiger partial charge < -0.3 is 18.6 Å². The molecule has 0 saturated heterocycles. The van der Waals surface area contributed by atoms with E-state index in [1.165, 1.54) is 0 Å². The predicted molar refractivity (Wildman–Crippen MR) is 98.0 cm³/mol. The van der Waals surface area contributed by atoms with Crippen LogP contribution in [0.2, 0.25) is 0 Å². The third-order valence-electron chi connectivity index (χ3n) is 4.14. The van der Waals surface area contributed by atoms with Crippen LogP contribution in [0.4, 0.5) is 0 Å². The van der Waals surface area contributed by atoms with Gasteiger partial charge in [0, 0.05) is 11.6 Å². The first kappa shape index (κ1) is 16.8. The Morgan fingerprint density at radius 1 is 1.15 bits per heavy atom. The second-order valence-electron chi connectivity index (χ2n) is 5.93. The maximum absolute atomic E-state index is 12.1. The number of para-hydroxylation sites is 2. The van der Waals surface area contributed by atoms with Crippen LogP contribution in [-0.4, -0.2) is 27.8 Å². The maximum atomic E-state index is 12.1. The van der Waals surface area contributed by atoms with Crippen molar-refractivity contribution in [2.45, 2.75) is 13.2 Å². The van der Waals surface area contributed by atoms with Crippen LogP contribution < -0.4 is 4.74 Å². The first-order chi connectivity index (χ1) is 13.2. The zero-order valence-corrected chi connectivity index (χ0v) is 14.7. The minimum atomic E-state index is -0.368. The average molecular weight is 363 g/mol. The van der Waals surface area contributed by atoms with E-state index in [0.29, 0.717) is 11.5 Å². The highest BCUT2D eigenvalue weighted by Crippen LogP contribution is 2.23. The molecule has 4 aromatic rings. The third-order valence-corrected chi connectivity index (χ3v) is 4.14. The van der Waals surface area contributed by atoms with Crippen molar-refractivity contribution >= 4 is 17.0 Å². The minimum absolute atomic E-state index is 0.0467. The number of rotatable bonds is 6. The predicted octanol–water partition coefficient (Wildman–Crippen LogP) is 3.44. The Balaban J connectivity index is 1.37. The number of ether oxygens (including phenoxy) is 2. The molecule has 2 aromatic heterocycles. The minimum Gasteiger partial charge on any atom is -0.497 e. The number of methoxy groups -OCH3 is 1. The molecule has 0 bridgehead atoms. The Labute approximate surface area is 155 Å². The molecule has 136 valence electrons. The molecule has 7 nitrogen and oxygen atoms in total. The van der Waals surface area contributed by atoms with E-state index in [2.05, 4.69) is 10.1 Å². The van der Waals surface area contributed by atoms with Gasteiger partial charge >= 0.3 is 5.97 Å². The Morgan fingerprint density at radius 3 is 2.78 bits per heavy atom. The highest BCUT2D eigenvalue weighted by molar-refractivity contribution is 5.78. The molecule has 0 unspecified atom stereocenters. The van der Waals surface area contributed by atoms with Gasteiger partial charge in [0.25, 0.3) is 0 Å². The lowest BCUT2D eigenvalue weighted by Crippen LogP contribution is -2.12. The number of benzene rings is 2. The van der Waals surface area contributed by atoms with Crippen molar-refractivity contribution in [1.29, 1.82) is 0 Å². The number of imidazole rings is 1. The summed E-state index contributed by atoms with van der Waals surface area (Å²) >= 11 is 0. The van der Waals surface area contributed by atoms with Gasteiger partial charge in [-0.25, -0.2) is 4.98 Å². The molecule has 0 aliphatic heterocycles. The highest BCUT2D eigenvalue weighted by atomic mass is 16.5. The molecule has 2 heterocycles. The summed E-state index contributed by atoms with van der Waals surface area (Å²) in [4.78, 5) is 16.4. The Bertz CT molecular complexity index is 1070. The molecule has 0 spiro atoms. The van der Waals surface area contributed by atoms with Gasteiger partial charge in [-0.2, -0.15) is 0 Å². The first-order valence-corrected chi connectivity index (χ1v) is 8.38. The summed E-state index contributed by atoms with van der Waals surface area (Å²) in [5.41, 5.74) is 3.14. The van der Waals surface area contributed by atoms with E-state index in [0.717, 1.165) is 22.3 Å². The van der Waals surface area contributed by atoms with Gasteiger partial charge in [-0.3, -0.25) is 4.79 Å². The van der Waals surface area contributed by atoms with Gasteiger partial charge in [0.15, 0.2) is 5.76 Å². The average Bonchev–Trinajstić information content (AvgIpc) is 3.34. The van der Waals surface area contributed by atoms with Crippen LogP contribution in [0.3, 0.4) is 0 Å². The molecule has 0 aliphatic rings. The van der Waals surface area contributed by atoms with Crippen molar-refractivity contribution in [3.05, 3.63) is 66.6 Å². The standard InChI is InChI=1S/C20H17N3O4/c1-25-16-8-6-14(7-9-16)19-10-15(22-27-19)12-26-20(24)11-23-13-21-17-4-2-3-5-18(17)23/h2-10,13H,11-12H2,1H3. The number of carbonyl (C=O) groups excluding carboxylic acids is 1. The Hall–Kier alpha value is -3.61. The molecular weight excluding hydrogens is 346 g/mol. The first-order valence-electron chi connectivity index (χ1n) is 8.38. The molecule has 27 heavy (non-hydrogen) atoms. The lowest BCUT2D eigenvalue weighted by molar-refractivity contribution is -0.145. The van der Waals surface area contributed by atoms with E-state index in [1.807, 2.05) is 48.5 Å². The monoisotopic (exact) mass is 363 g/mol. The Morgan fingerprint density at radius 2 is 1.96 bits per heavy atom. The smallest absolute Gasteiger partial charge is 0.326 e. The normalized spacial score (nSPS) is 10.9. The zero-order chi connectivity index (χ0) is 18.6. The summed E-state index contributed by atoms with van der Waals surface area (Å²) in [6.07, 6.45) is 1.63. The second-order valence-corrected chi connectivity index (χ2v) is 5.93. The lowest BCUT2D eigenvalue weighted by atomic mass is 10.1. The van der Waals surface area contributed by atoms with Crippen LogP contribution in [0.15, 0.2) is 65.4 Å². The summed E-state index contributed by atoms with van der Waals surface area (Å²) < 4.78 is 17.5. The summed E-state index contributed by atoms with van der Waals surface area (Å²) in [5.74, 6) is 0.996. The lowest BCUT2D eigenvalue weighted by Gasteiger charge is -2.04. The quantitative estimate of drug-likeness (QED) is 0.488. The number of hydrogen-bond donors (Lipinski definition) is 0. The van der Waals surface area contributed by atoms with E-state index >= 15 is 0 Å². The molecule has 0 aliphatic carbocycles. The molecule has 7 heteroatoms. The van der Waals surface area contributed by atoms with Crippen LogP contribution in [0, 0.1) is 0 Å². The van der Waals surface area contributed by atoms with Crippen LogP contribution in [0.1, 0.15) is 5.69 Å². The number of hydrogen-bond acceptors (Lipinski definition) is 6. The van der Waals surface area contributed by atoms with Crippen LogP contribution in [-0.2, 0) is 22.7 Å². The SMILES string of the molecule is COc1ccc(-c2cc(COC(=O)Cn3cnc4ccccc43)no2)cc1. The molecular formula is C20H17N3O4. The summed E-state index contributed by atoms with van der Waals surface area (Å²) in [6, 6.07) is 16.8. The van der Waals surface area contributed by atoms with Crippen LogP contribution in [0.25, 0.3) is 22.4 Å². The van der Waals surface area contributed by atoms with Gasteiger partial charge in [-0.05, 0) is 36.4 Å². The fraction of sp³-hybridized carbons (Fsp3) is 0.150. The molecule has 4 rings (SSSR count). The van der Waals surface area contributed by atoms with Gasteiger partial charge in [0.05, 0.1) is 24.5 Å². The molecule has 0 radical (unpaired) electrons. The Kier molecular flexibility index (Phi) is 4.57. The number of esters is 1. The summed E-state index contributed by atoms with van der Waals surface area (Å²) in [7, 11) is 1.61. The molecule has 0 atom stereocenters. The fourth-order valence-electron chi connectivity index (χ4n) is 2.75.